The quantitative estimate of drug-likeness (QED) is 0.244. The lowest BCUT2D eigenvalue weighted by Gasteiger charge is -2.31. The van der Waals surface area contributed by atoms with Crippen LogP contribution in [-0.4, -0.2) is 12.2 Å². The molecule has 0 spiro atoms. The van der Waals surface area contributed by atoms with Gasteiger partial charge in [0.25, 0.3) is 7.37 Å². The van der Waals surface area contributed by atoms with E-state index in [9.17, 15) is 4.57 Å². The van der Waals surface area contributed by atoms with Crippen LogP contribution in [0.4, 0.5) is 0 Å². The number of allylic oxidation sites excluding steroid dienone is 3. The highest BCUT2D eigenvalue weighted by Gasteiger charge is 2.36. The Morgan fingerprint density at radius 3 is 2.32 bits per heavy atom. The number of aliphatic hydroxyl groups is 1. The maximum absolute atomic E-state index is 14.4. The smallest absolute Gasteiger partial charge is 0.282 e. The highest BCUT2D eigenvalue weighted by Crippen LogP contribution is 2.57. The van der Waals surface area contributed by atoms with Crippen molar-refractivity contribution in [2.24, 2.45) is 0 Å². The van der Waals surface area contributed by atoms with Crippen LogP contribution in [0.5, 0.6) is 5.75 Å². The van der Waals surface area contributed by atoms with E-state index in [1.807, 2.05) is 62.4 Å². The molecule has 0 fully saturated rings. The second-order valence-electron chi connectivity index (χ2n) is 9.68. The number of rotatable bonds is 4. The maximum atomic E-state index is 14.4. The van der Waals surface area contributed by atoms with Crippen LogP contribution in [0.15, 0.2) is 115 Å². The normalized spacial score (nSPS) is 19.4. The highest BCUT2D eigenvalue weighted by atomic mass is 31.2. The number of hydrogen-bond donors (Lipinski definition) is 1. The van der Waals surface area contributed by atoms with E-state index in [1.165, 1.54) is 22.0 Å². The molecule has 3 aliphatic rings. The van der Waals surface area contributed by atoms with Crippen LogP contribution in [0, 0.1) is 0 Å². The third-order valence-electron chi connectivity index (χ3n) is 7.24. The largest absolute Gasteiger partial charge is 0.469 e. The number of hydrogen-bond acceptors (Lipinski definition) is 4. The minimum atomic E-state index is -3.14. The first-order valence-corrected chi connectivity index (χ1v) is 17.4. The molecule has 0 saturated carbocycles. The van der Waals surface area contributed by atoms with Crippen molar-refractivity contribution in [2.75, 3.05) is 7.11 Å². The van der Waals surface area contributed by atoms with Gasteiger partial charge in [-0.3, -0.25) is 4.57 Å². The zero-order chi connectivity index (χ0) is 28.8. The molecular weight excluding hydrogens is 546 g/mol. The standard InChI is InChI=1S/C32H26O3P2.C2H6.CH4O/c33-37(32-19-8-4-15-28(32)26-13-2-6-17-30(26)35-37)22-24-11-9-10-23(20-24)21-36-31-18-7-3-14-27(31)25-12-1-5-16-29(25)34-36;2*1-2/h2-11,13-20H,1,12,21-22H2;1-2H3;2H,1H3. The molecule has 4 aromatic rings. The molecule has 0 aromatic heterocycles. The lowest BCUT2D eigenvalue weighted by atomic mass is 9.96. The van der Waals surface area contributed by atoms with Crippen molar-refractivity contribution in [3.05, 3.63) is 132 Å². The summed E-state index contributed by atoms with van der Waals surface area (Å²) in [6.45, 7) is 4.00. The number of para-hydroxylation sites is 1. The molecule has 2 atom stereocenters. The molecule has 4 aromatic carbocycles. The Kier molecular flexibility index (Phi) is 9.25. The molecule has 2 unspecified atom stereocenters. The molecule has 2 aliphatic heterocycles. The van der Waals surface area contributed by atoms with Crippen molar-refractivity contribution < 1.29 is 18.7 Å². The van der Waals surface area contributed by atoms with Gasteiger partial charge in [0.1, 0.15) is 19.7 Å². The van der Waals surface area contributed by atoms with E-state index in [0.717, 1.165) is 53.9 Å². The van der Waals surface area contributed by atoms with E-state index in [1.54, 1.807) is 0 Å². The SMILES string of the molecule is CC.CO.O=P1(Cc2cccc(CP3OC4=C(CCC=C4)c4ccccc43)c2)Oc2ccccc2-c2ccccc21. The van der Waals surface area contributed by atoms with E-state index in [2.05, 4.69) is 60.7 Å². The van der Waals surface area contributed by atoms with Crippen LogP contribution >= 0.6 is 15.5 Å². The maximum Gasteiger partial charge on any atom is 0.282 e. The van der Waals surface area contributed by atoms with Crippen LogP contribution in [0.25, 0.3) is 16.7 Å². The zero-order valence-electron chi connectivity index (χ0n) is 23.8. The van der Waals surface area contributed by atoms with Crippen LogP contribution in [-0.2, 0) is 21.4 Å². The van der Waals surface area contributed by atoms with E-state index < -0.39 is 15.5 Å². The first-order valence-electron chi connectivity index (χ1n) is 14.1. The summed E-state index contributed by atoms with van der Waals surface area (Å²) in [6.07, 6.45) is 7.61. The molecule has 0 saturated heterocycles. The fourth-order valence-electron chi connectivity index (χ4n) is 5.55. The summed E-state index contributed by atoms with van der Waals surface area (Å²) >= 11 is 0. The van der Waals surface area contributed by atoms with Gasteiger partial charge in [-0.2, -0.15) is 0 Å². The van der Waals surface area contributed by atoms with Crippen molar-refractivity contribution in [1.29, 1.82) is 0 Å². The molecular formula is C35H36O4P2. The van der Waals surface area contributed by atoms with Gasteiger partial charge in [0.15, 0.2) is 0 Å². The zero-order valence-corrected chi connectivity index (χ0v) is 25.6. The Balaban J connectivity index is 0.000000810. The Labute approximate surface area is 244 Å². The van der Waals surface area contributed by atoms with Gasteiger partial charge in [-0.05, 0) is 53.3 Å². The van der Waals surface area contributed by atoms with E-state index >= 15 is 0 Å². The number of benzene rings is 4. The van der Waals surface area contributed by atoms with Gasteiger partial charge in [-0.15, -0.1) is 0 Å². The Morgan fingerprint density at radius 1 is 0.805 bits per heavy atom. The second-order valence-corrected chi connectivity index (χ2v) is 13.8. The van der Waals surface area contributed by atoms with Crippen LogP contribution in [0.2, 0.25) is 0 Å². The molecule has 210 valence electrons. The van der Waals surface area contributed by atoms with Gasteiger partial charge in [0.05, 0.1) is 11.5 Å². The summed E-state index contributed by atoms with van der Waals surface area (Å²) in [5.41, 5.74) is 6.89. The summed E-state index contributed by atoms with van der Waals surface area (Å²) in [5, 5.41) is 9.11. The third kappa shape index (κ3) is 5.84. The topological polar surface area (TPSA) is 55.8 Å². The van der Waals surface area contributed by atoms with Crippen LogP contribution in [0.1, 0.15) is 43.4 Å². The highest BCUT2D eigenvalue weighted by molar-refractivity contribution is 7.67. The van der Waals surface area contributed by atoms with E-state index in [4.69, 9.17) is 14.2 Å². The Bertz CT molecular complexity index is 1640. The molecule has 1 N–H and O–H groups in total. The van der Waals surface area contributed by atoms with Gasteiger partial charge in [0, 0.05) is 29.7 Å². The summed E-state index contributed by atoms with van der Waals surface area (Å²) in [6, 6.07) is 33.0. The van der Waals surface area contributed by atoms with Crippen molar-refractivity contribution in [3.63, 3.8) is 0 Å². The third-order valence-corrected chi connectivity index (χ3v) is 11.6. The molecule has 1 aliphatic carbocycles. The molecule has 2 heterocycles. The monoisotopic (exact) mass is 582 g/mol. The average Bonchev–Trinajstić information content (AvgIpc) is 3.03. The first kappa shape index (κ1) is 29.1. The predicted molar refractivity (Wildman–Crippen MR) is 172 cm³/mol. The first-order chi connectivity index (χ1) is 20.2. The van der Waals surface area contributed by atoms with E-state index in [0.29, 0.717) is 11.9 Å². The van der Waals surface area contributed by atoms with E-state index in [-0.39, 0.29) is 0 Å². The lowest BCUT2D eigenvalue weighted by Crippen LogP contribution is -2.19. The molecule has 4 nitrogen and oxygen atoms in total. The van der Waals surface area contributed by atoms with Gasteiger partial charge >= 0.3 is 0 Å². The Morgan fingerprint density at radius 2 is 1.49 bits per heavy atom. The van der Waals surface area contributed by atoms with Gasteiger partial charge in [0.2, 0.25) is 0 Å². The van der Waals surface area contributed by atoms with Crippen LogP contribution in [0.3, 0.4) is 0 Å². The van der Waals surface area contributed by atoms with Crippen LogP contribution < -0.4 is 15.1 Å². The van der Waals surface area contributed by atoms with Crippen molar-refractivity contribution in [3.8, 4) is 16.9 Å². The summed E-state index contributed by atoms with van der Waals surface area (Å²) < 4.78 is 27.2. The summed E-state index contributed by atoms with van der Waals surface area (Å²) in [5.74, 6) is 1.73. The molecule has 0 radical (unpaired) electrons. The fourth-order valence-corrected chi connectivity index (χ4v) is 9.92. The minimum absolute atomic E-state index is 0.361. The molecule has 0 bridgehead atoms. The van der Waals surface area contributed by atoms with Crippen molar-refractivity contribution >= 4 is 31.7 Å². The second kappa shape index (κ2) is 13.0. The predicted octanol–water partition coefficient (Wildman–Crippen LogP) is 8.80. The summed E-state index contributed by atoms with van der Waals surface area (Å²) in [4.78, 5) is 0. The summed E-state index contributed by atoms with van der Waals surface area (Å²) in [7, 11) is -2.97. The molecule has 7 rings (SSSR count). The van der Waals surface area contributed by atoms with Gasteiger partial charge in [-0.25, -0.2) is 0 Å². The minimum Gasteiger partial charge on any atom is -0.469 e. The van der Waals surface area contributed by atoms with Crippen molar-refractivity contribution in [1.82, 2.24) is 0 Å². The fraction of sp³-hybridized carbons (Fsp3) is 0.200. The van der Waals surface area contributed by atoms with Crippen molar-refractivity contribution in [2.45, 2.75) is 39.0 Å². The molecule has 6 heteroatoms. The molecule has 41 heavy (non-hydrogen) atoms. The lowest BCUT2D eigenvalue weighted by molar-refractivity contribution is 0.399. The van der Waals surface area contributed by atoms with Gasteiger partial charge < -0.3 is 14.2 Å². The van der Waals surface area contributed by atoms with Gasteiger partial charge in [-0.1, -0.05) is 105 Å². The molecule has 0 amide bonds. The average molecular weight is 583 g/mol. The number of fused-ring (bicyclic) bond motifs is 5. The Hall–Kier alpha value is -3.42. The number of aliphatic hydroxyl groups excluding tert-OH is 1.